The molecule has 2 atom stereocenters. The highest BCUT2D eigenvalue weighted by molar-refractivity contribution is 5.79. The van der Waals surface area contributed by atoms with Crippen molar-refractivity contribution in [2.45, 2.75) is 32.4 Å². The van der Waals surface area contributed by atoms with Crippen molar-refractivity contribution in [1.82, 2.24) is 35.0 Å². The van der Waals surface area contributed by atoms with Crippen LogP contribution in [0.15, 0.2) is 30.7 Å². The molecule has 1 aromatic carbocycles. The van der Waals surface area contributed by atoms with Crippen molar-refractivity contribution >= 4 is 5.91 Å². The minimum absolute atomic E-state index is 0.0555. The lowest BCUT2D eigenvalue weighted by Gasteiger charge is -2.46. The van der Waals surface area contributed by atoms with Gasteiger partial charge in [-0.25, -0.2) is 9.37 Å². The molecular weight excluding hydrogens is 451 g/mol. The number of piperazine rings is 1. The molecule has 0 unspecified atom stereocenters. The molecule has 3 aromatic rings. The zero-order valence-corrected chi connectivity index (χ0v) is 19.6. The molecule has 2 aliphatic heterocycles. The second kappa shape index (κ2) is 9.48. The number of rotatable bonds is 4. The van der Waals surface area contributed by atoms with Crippen LogP contribution in [0.2, 0.25) is 0 Å². The number of carbonyl (C=O) groups is 1. The number of nitriles is 1. The average Bonchev–Trinajstić information content (AvgIpc) is 3.40. The number of halogens is 1. The summed E-state index contributed by atoms with van der Waals surface area (Å²) in [4.78, 5) is 21.7. The van der Waals surface area contributed by atoms with Gasteiger partial charge in [-0.2, -0.15) is 9.94 Å². The Morgan fingerprint density at radius 1 is 1.29 bits per heavy atom. The fourth-order valence-electron chi connectivity index (χ4n) is 4.80. The lowest BCUT2D eigenvalue weighted by molar-refractivity contribution is -0.139. The van der Waals surface area contributed by atoms with E-state index in [0.29, 0.717) is 37.6 Å². The zero-order valence-electron chi connectivity index (χ0n) is 19.6. The van der Waals surface area contributed by atoms with Gasteiger partial charge in [0, 0.05) is 32.4 Å². The van der Waals surface area contributed by atoms with Crippen LogP contribution < -0.4 is 0 Å². The topological polar surface area (TPSA) is 113 Å². The van der Waals surface area contributed by atoms with E-state index < -0.39 is 5.82 Å². The normalized spacial score (nSPS) is 20.3. The van der Waals surface area contributed by atoms with Crippen molar-refractivity contribution in [2.24, 2.45) is 0 Å². The van der Waals surface area contributed by atoms with Crippen LogP contribution in [0.3, 0.4) is 0 Å². The third-order valence-electron chi connectivity index (χ3n) is 6.89. The minimum atomic E-state index is -0.509. The fourth-order valence-corrected chi connectivity index (χ4v) is 4.80. The zero-order chi connectivity index (χ0) is 24.5. The summed E-state index contributed by atoms with van der Waals surface area (Å²) in [6, 6.07) is 6.95. The summed E-state index contributed by atoms with van der Waals surface area (Å²) in [6.07, 6.45) is 3.22. The largest absolute Gasteiger partial charge is 0.370 e. The van der Waals surface area contributed by atoms with Crippen LogP contribution in [-0.4, -0.2) is 79.7 Å². The van der Waals surface area contributed by atoms with E-state index in [1.165, 1.54) is 17.1 Å². The molecule has 0 radical (unpaired) electrons. The summed E-state index contributed by atoms with van der Waals surface area (Å²) >= 11 is 0. The number of carbonyl (C=O) groups excluding carboxylic acids is 1. The number of pyridine rings is 1. The minimum Gasteiger partial charge on any atom is -0.370 e. The third-order valence-corrected chi connectivity index (χ3v) is 6.89. The van der Waals surface area contributed by atoms with E-state index in [4.69, 9.17) is 4.74 Å². The van der Waals surface area contributed by atoms with E-state index in [9.17, 15) is 14.4 Å². The Bertz CT molecular complexity index is 1290. The van der Waals surface area contributed by atoms with Crippen molar-refractivity contribution in [3.05, 3.63) is 64.4 Å². The molecule has 0 spiro atoms. The number of morpholine rings is 1. The predicted octanol–water partition coefficient (Wildman–Crippen LogP) is 1.51. The van der Waals surface area contributed by atoms with Gasteiger partial charge in [0.15, 0.2) is 5.82 Å². The highest BCUT2D eigenvalue weighted by Gasteiger charge is 2.36. The molecule has 0 N–H and O–H groups in total. The van der Waals surface area contributed by atoms with Gasteiger partial charge in [-0.15, -0.1) is 5.10 Å². The van der Waals surface area contributed by atoms with Crippen LogP contribution in [0.4, 0.5) is 4.39 Å². The number of fused-ring (bicyclic) bond motifs is 1. The Hall–Kier alpha value is -3.75. The highest BCUT2D eigenvalue weighted by Crippen LogP contribution is 2.31. The number of tetrazole rings is 1. The van der Waals surface area contributed by atoms with Crippen LogP contribution in [0, 0.1) is 31.0 Å². The standard InChI is InChI=1S/C24H25FN8O2/c1-15-7-23(33-14-28-29-30-33)27-10-17(15)8-24(34)32-6-5-31-12-22(35-13-18(31)11-32)19-3-4-21(25)20(9-26)16(19)2/h3-4,7,10,14,18,22H,5-6,8,11-13H2,1-2H3/t18-,22-/m0/s1. The van der Waals surface area contributed by atoms with Crippen LogP contribution in [0.25, 0.3) is 5.82 Å². The van der Waals surface area contributed by atoms with Gasteiger partial charge in [0.25, 0.3) is 0 Å². The molecule has 1 amide bonds. The second-order valence-electron chi connectivity index (χ2n) is 8.96. The molecular formula is C24H25FN8O2. The van der Waals surface area contributed by atoms with Crippen LogP contribution >= 0.6 is 0 Å². The van der Waals surface area contributed by atoms with E-state index in [1.54, 1.807) is 19.2 Å². The van der Waals surface area contributed by atoms with Crippen molar-refractivity contribution in [3.8, 4) is 11.9 Å². The molecule has 35 heavy (non-hydrogen) atoms. The van der Waals surface area contributed by atoms with Gasteiger partial charge in [-0.3, -0.25) is 9.69 Å². The highest BCUT2D eigenvalue weighted by atomic mass is 19.1. The first kappa shape index (κ1) is 23.0. The summed E-state index contributed by atoms with van der Waals surface area (Å²) in [5.41, 5.74) is 3.36. The van der Waals surface area contributed by atoms with Crippen LogP contribution in [0.1, 0.15) is 33.9 Å². The maximum Gasteiger partial charge on any atom is 0.227 e. The summed E-state index contributed by atoms with van der Waals surface area (Å²) in [7, 11) is 0. The third kappa shape index (κ3) is 4.50. The van der Waals surface area contributed by atoms with Gasteiger partial charge in [-0.05, 0) is 58.7 Å². The van der Waals surface area contributed by atoms with E-state index in [2.05, 4.69) is 25.4 Å². The number of hydrogen-bond acceptors (Lipinski definition) is 8. The first-order chi connectivity index (χ1) is 16.9. The van der Waals surface area contributed by atoms with E-state index >= 15 is 0 Å². The Labute approximate surface area is 201 Å². The molecule has 0 aliphatic carbocycles. The molecule has 10 nitrogen and oxygen atoms in total. The second-order valence-corrected chi connectivity index (χ2v) is 8.96. The maximum absolute atomic E-state index is 13.9. The molecule has 180 valence electrons. The molecule has 2 aliphatic rings. The lowest BCUT2D eigenvalue weighted by Crippen LogP contribution is -2.59. The van der Waals surface area contributed by atoms with E-state index in [-0.39, 0.29) is 30.0 Å². The molecule has 0 saturated carbocycles. The number of aromatic nitrogens is 5. The van der Waals surface area contributed by atoms with Gasteiger partial charge in [0.2, 0.25) is 5.91 Å². The summed E-state index contributed by atoms with van der Waals surface area (Å²) in [5, 5.41) is 20.4. The fraction of sp³-hybridized carbons (Fsp3) is 0.417. The SMILES string of the molecule is Cc1cc(-n2cnnn2)ncc1CC(=O)N1CCN2C[C@@H](c3ccc(F)c(C#N)c3C)OC[C@@H]2C1. The number of nitrogens with zero attached hydrogens (tertiary/aromatic N) is 8. The molecule has 5 rings (SSSR count). The van der Waals surface area contributed by atoms with E-state index in [0.717, 1.165) is 23.2 Å². The summed E-state index contributed by atoms with van der Waals surface area (Å²) in [6.45, 7) is 6.77. The lowest BCUT2D eigenvalue weighted by atomic mass is 9.96. The molecule has 2 fully saturated rings. The van der Waals surface area contributed by atoms with Crippen molar-refractivity contribution < 1.29 is 13.9 Å². The Morgan fingerprint density at radius 2 is 2.14 bits per heavy atom. The summed E-state index contributed by atoms with van der Waals surface area (Å²) in [5.74, 6) is 0.148. The molecule has 2 aromatic heterocycles. The van der Waals surface area contributed by atoms with Gasteiger partial charge < -0.3 is 9.64 Å². The molecule has 4 heterocycles. The quantitative estimate of drug-likeness (QED) is 0.557. The Morgan fingerprint density at radius 3 is 2.89 bits per heavy atom. The van der Waals surface area contributed by atoms with Gasteiger partial charge in [0.1, 0.15) is 18.2 Å². The number of benzene rings is 1. The van der Waals surface area contributed by atoms with Crippen molar-refractivity contribution in [1.29, 1.82) is 5.26 Å². The molecule has 2 saturated heterocycles. The van der Waals surface area contributed by atoms with Gasteiger partial charge >= 0.3 is 0 Å². The molecule has 11 heteroatoms. The van der Waals surface area contributed by atoms with Crippen LogP contribution in [-0.2, 0) is 16.0 Å². The van der Waals surface area contributed by atoms with Crippen molar-refractivity contribution in [3.63, 3.8) is 0 Å². The van der Waals surface area contributed by atoms with Gasteiger partial charge in [-0.1, -0.05) is 6.07 Å². The summed E-state index contributed by atoms with van der Waals surface area (Å²) < 4.78 is 21.5. The monoisotopic (exact) mass is 476 g/mol. The number of aryl methyl sites for hydroxylation is 1. The Balaban J connectivity index is 1.21. The molecule has 0 bridgehead atoms. The number of amides is 1. The number of hydrogen-bond donors (Lipinski definition) is 0. The Kier molecular flexibility index (Phi) is 6.23. The average molecular weight is 477 g/mol. The van der Waals surface area contributed by atoms with E-state index in [1.807, 2.05) is 24.0 Å². The predicted molar refractivity (Wildman–Crippen MR) is 122 cm³/mol. The first-order valence-corrected chi connectivity index (χ1v) is 11.5. The maximum atomic E-state index is 13.9. The van der Waals surface area contributed by atoms with Crippen LogP contribution in [0.5, 0.6) is 0 Å². The first-order valence-electron chi connectivity index (χ1n) is 11.5. The number of ether oxygens (including phenoxy) is 1. The smallest absolute Gasteiger partial charge is 0.227 e. The van der Waals surface area contributed by atoms with Crippen molar-refractivity contribution in [2.75, 3.05) is 32.8 Å². The van der Waals surface area contributed by atoms with Gasteiger partial charge in [0.05, 0.1) is 30.7 Å².